The van der Waals surface area contributed by atoms with Crippen molar-refractivity contribution in [1.29, 1.82) is 0 Å². The first-order chi connectivity index (χ1) is 4.74. The van der Waals surface area contributed by atoms with Gasteiger partial charge in [-0.15, -0.1) is 11.6 Å². The Morgan fingerprint density at radius 1 is 1.30 bits per heavy atom. The minimum atomic E-state index is -0.172. The van der Waals surface area contributed by atoms with Gasteiger partial charge in [0.1, 0.15) is 0 Å². The first-order valence-electron chi connectivity index (χ1n) is 2.77. The summed E-state index contributed by atoms with van der Waals surface area (Å²) in [6, 6.07) is 0. The van der Waals surface area contributed by atoms with Gasteiger partial charge in [0.15, 0.2) is 11.6 Å². The van der Waals surface area contributed by atoms with Gasteiger partial charge in [-0.3, -0.25) is 9.59 Å². The van der Waals surface area contributed by atoms with Gasteiger partial charge in [0.2, 0.25) is 0 Å². The van der Waals surface area contributed by atoms with Crippen LogP contribution >= 0.6 is 11.6 Å². The summed E-state index contributed by atoms with van der Waals surface area (Å²) in [4.78, 5) is 21.4. The third-order valence-electron chi connectivity index (χ3n) is 1.18. The van der Waals surface area contributed by atoms with E-state index in [1.54, 1.807) is 0 Å². The Balaban J connectivity index is 2.89. The van der Waals surface area contributed by atoms with Crippen LogP contribution in [-0.2, 0) is 9.59 Å². The van der Waals surface area contributed by atoms with Crippen LogP contribution in [-0.4, -0.2) is 17.4 Å². The zero-order valence-electron chi connectivity index (χ0n) is 5.13. The molecule has 0 atom stereocenters. The third-order valence-corrected chi connectivity index (χ3v) is 1.46. The summed E-state index contributed by atoms with van der Waals surface area (Å²) in [5.74, 6) is -0.237. The minimum absolute atomic E-state index is 0.106. The number of carbonyl (C=O) groups is 2. The fourth-order valence-electron chi connectivity index (χ4n) is 0.660. The monoisotopic (exact) mass is 156 g/mol. The van der Waals surface area contributed by atoms with Crippen LogP contribution in [0.15, 0.2) is 23.8 Å². The lowest BCUT2D eigenvalue weighted by molar-refractivity contribution is -0.114. The number of ketones is 2. The van der Waals surface area contributed by atoms with E-state index in [1.165, 1.54) is 18.2 Å². The minimum Gasteiger partial charge on any atom is -0.290 e. The first kappa shape index (κ1) is 7.22. The highest BCUT2D eigenvalue weighted by atomic mass is 35.5. The van der Waals surface area contributed by atoms with Crippen LogP contribution in [0.5, 0.6) is 0 Å². The molecule has 0 saturated heterocycles. The van der Waals surface area contributed by atoms with E-state index >= 15 is 0 Å². The molecular weight excluding hydrogens is 152 g/mol. The number of hydrogen-bond acceptors (Lipinski definition) is 2. The second-order valence-electron chi connectivity index (χ2n) is 1.90. The molecule has 0 fully saturated rings. The van der Waals surface area contributed by atoms with E-state index in [0.717, 1.165) is 0 Å². The number of halogens is 1. The molecule has 10 heavy (non-hydrogen) atoms. The molecule has 1 aliphatic rings. The molecule has 52 valence electrons. The maximum Gasteiger partial charge on any atom is 0.183 e. The van der Waals surface area contributed by atoms with Gasteiger partial charge in [-0.25, -0.2) is 0 Å². The third kappa shape index (κ3) is 1.33. The molecule has 1 aliphatic carbocycles. The van der Waals surface area contributed by atoms with E-state index in [2.05, 4.69) is 0 Å². The maximum absolute atomic E-state index is 10.8. The van der Waals surface area contributed by atoms with Gasteiger partial charge in [-0.05, 0) is 18.2 Å². The summed E-state index contributed by atoms with van der Waals surface area (Å²) in [6.07, 6.45) is 3.73. The van der Waals surface area contributed by atoms with E-state index in [1.807, 2.05) is 0 Å². The second-order valence-corrected chi connectivity index (χ2v) is 2.17. The van der Waals surface area contributed by atoms with Crippen molar-refractivity contribution in [1.82, 2.24) is 0 Å². The molecule has 0 aliphatic heterocycles. The van der Waals surface area contributed by atoms with Gasteiger partial charge in [0.25, 0.3) is 0 Å². The molecule has 3 heteroatoms. The lowest BCUT2D eigenvalue weighted by Gasteiger charge is -2.00. The van der Waals surface area contributed by atoms with Crippen LogP contribution < -0.4 is 0 Å². The molecule has 0 amide bonds. The molecule has 0 bridgehead atoms. The standard InChI is InChI=1S/C7H5ClO2/c8-4-5-3-6(9)1-2-7(5)10/h1-3H,4H2. The fraction of sp³-hybridized carbons (Fsp3) is 0.143. The molecule has 0 N–H and O–H groups in total. The SMILES string of the molecule is O=C1C=CC(=O)C(CCl)=C1. The van der Waals surface area contributed by atoms with Crippen LogP contribution in [0.3, 0.4) is 0 Å². The summed E-state index contributed by atoms with van der Waals surface area (Å²) in [5.41, 5.74) is 0.370. The molecule has 0 aromatic carbocycles. The Labute approximate surface area is 63.2 Å². The first-order valence-corrected chi connectivity index (χ1v) is 3.30. The van der Waals surface area contributed by atoms with Crippen molar-refractivity contribution in [2.75, 3.05) is 5.88 Å². The zero-order valence-corrected chi connectivity index (χ0v) is 5.89. The number of rotatable bonds is 1. The summed E-state index contributed by atoms with van der Waals surface area (Å²) in [5, 5.41) is 0. The van der Waals surface area contributed by atoms with Gasteiger partial charge in [-0.1, -0.05) is 0 Å². The number of allylic oxidation sites excluding steroid dienone is 4. The van der Waals surface area contributed by atoms with Crippen molar-refractivity contribution in [3.8, 4) is 0 Å². The van der Waals surface area contributed by atoms with E-state index in [4.69, 9.17) is 11.6 Å². The molecule has 0 radical (unpaired) electrons. The Morgan fingerprint density at radius 3 is 2.50 bits per heavy atom. The average molecular weight is 157 g/mol. The maximum atomic E-state index is 10.8. The quantitative estimate of drug-likeness (QED) is 0.417. The Kier molecular flexibility index (Phi) is 2.02. The van der Waals surface area contributed by atoms with Gasteiger partial charge in [0, 0.05) is 5.57 Å². The molecule has 0 aromatic heterocycles. The van der Waals surface area contributed by atoms with Crippen molar-refractivity contribution < 1.29 is 9.59 Å². The molecule has 0 spiro atoms. The smallest absolute Gasteiger partial charge is 0.183 e. The summed E-state index contributed by atoms with van der Waals surface area (Å²) in [6.45, 7) is 0. The van der Waals surface area contributed by atoms with Crippen molar-refractivity contribution in [2.24, 2.45) is 0 Å². The lowest BCUT2D eigenvalue weighted by Crippen LogP contribution is -2.08. The second kappa shape index (κ2) is 2.80. The van der Waals surface area contributed by atoms with Gasteiger partial charge in [0.05, 0.1) is 5.88 Å². The van der Waals surface area contributed by atoms with Crippen molar-refractivity contribution in [3.63, 3.8) is 0 Å². The number of carbonyl (C=O) groups excluding carboxylic acids is 2. The van der Waals surface area contributed by atoms with Crippen molar-refractivity contribution in [3.05, 3.63) is 23.8 Å². The van der Waals surface area contributed by atoms with Crippen molar-refractivity contribution >= 4 is 23.2 Å². The molecule has 0 heterocycles. The van der Waals surface area contributed by atoms with E-state index in [0.29, 0.717) is 5.57 Å². The van der Waals surface area contributed by atoms with Gasteiger partial charge in [-0.2, -0.15) is 0 Å². The number of hydrogen-bond donors (Lipinski definition) is 0. The van der Waals surface area contributed by atoms with Crippen molar-refractivity contribution in [2.45, 2.75) is 0 Å². The Morgan fingerprint density at radius 2 is 2.00 bits per heavy atom. The van der Waals surface area contributed by atoms with Crippen LogP contribution in [0.1, 0.15) is 0 Å². The largest absolute Gasteiger partial charge is 0.290 e. The molecule has 2 nitrogen and oxygen atoms in total. The van der Waals surface area contributed by atoms with Gasteiger partial charge < -0.3 is 0 Å². The van der Waals surface area contributed by atoms with E-state index in [-0.39, 0.29) is 17.4 Å². The highest BCUT2D eigenvalue weighted by molar-refractivity contribution is 6.27. The molecule has 0 unspecified atom stereocenters. The van der Waals surface area contributed by atoms with Crippen LogP contribution in [0.2, 0.25) is 0 Å². The fourth-order valence-corrected chi connectivity index (χ4v) is 0.869. The predicted octanol–water partition coefficient (Wildman–Crippen LogP) is 0.860. The van der Waals surface area contributed by atoms with Crippen LogP contribution in [0.4, 0.5) is 0 Å². The Bertz CT molecular complexity index is 238. The Hall–Kier alpha value is -0.890. The lowest BCUT2D eigenvalue weighted by atomic mass is 10.1. The van der Waals surface area contributed by atoms with Crippen LogP contribution in [0, 0.1) is 0 Å². The summed E-state index contributed by atoms with van der Waals surface area (Å²) >= 11 is 5.37. The highest BCUT2D eigenvalue weighted by Crippen LogP contribution is 2.06. The topological polar surface area (TPSA) is 34.1 Å². The normalized spacial score (nSPS) is 17.5. The zero-order chi connectivity index (χ0) is 7.56. The number of alkyl halides is 1. The summed E-state index contributed by atoms with van der Waals surface area (Å²) < 4.78 is 0. The molecule has 1 rings (SSSR count). The predicted molar refractivity (Wildman–Crippen MR) is 38.0 cm³/mol. The summed E-state index contributed by atoms with van der Waals surface area (Å²) in [7, 11) is 0. The average Bonchev–Trinajstić information content (AvgIpc) is 1.94. The van der Waals surface area contributed by atoms with E-state index in [9.17, 15) is 9.59 Å². The van der Waals surface area contributed by atoms with Gasteiger partial charge >= 0.3 is 0 Å². The molecule has 0 saturated carbocycles. The molecule has 0 aromatic rings. The van der Waals surface area contributed by atoms with Crippen LogP contribution in [0.25, 0.3) is 0 Å². The highest BCUT2D eigenvalue weighted by Gasteiger charge is 2.10. The molecular formula is C7H5ClO2. The van der Waals surface area contributed by atoms with E-state index < -0.39 is 0 Å².